The summed E-state index contributed by atoms with van der Waals surface area (Å²) >= 11 is 0. The highest BCUT2D eigenvalue weighted by Gasteiger charge is 2.09. The van der Waals surface area contributed by atoms with Crippen LogP contribution in [-0.4, -0.2) is 12.8 Å². The topological polar surface area (TPSA) is 43.1 Å². The molecule has 0 bridgehead atoms. The van der Waals surface area contributed by atoms with Gasteiger partial charge in [0.15, 0.2) is 0 Å². The fourth-order valence-corrected chi connectivity index (χ4v) is 0.440. The van der Waals surface area contributed by atoms with Crippen LogP contribution in [0.5, 0.6) is 0 Å². The van der Waals surface area contributed by atoms with E-state index in [1.807, 2.05) is 6.79 Å². The van der Waals surface area contributed by atoms with Crippen molar-refractivity contribution in [1.82, 2.24) is 0 Å². The van der Waals surface area contributed by atoms with E-state index in [4.69, 9.17) is 10.5 Å². The van der Waals surface area contributed by atoms with Crippen molar-refractivity contribution in [2.75, 3.05) is 0 Å². The van der Waals surface area contributed by atoms with Gasteiger partial charge >= 0.3 is 0 Å². The molecule has 7 heavy (non-hydrogen) atoms. The van der Waals surface area contributed by atoms with Crippen LogP contribution < -0.4 is 5.73 Å². The molecular weight excluding hydrogens is 90.1 g/mol. The maximum atomic E-state index is 8.00. The fraction of sp³-hybridized carbons (Fsp3) is 0.800. The molecular formula is C5H11NO. The molecule has 1 saturated carbocycles. The standard InChI is InChI=1S/C4H9N.CH2O/c5-4-2-1-3-4;1-2/h4H,1-3,5H2;1H2. The van der Waals surface area contributed by atoms with Crippen LogP contribution in [0.2, 0.25) is 0 Å². The van der Waals surface area contributed by atoms with E-state index in [1.54, 1.807) is 0 Å². The summed E-state index contributed by atoms with van der Waals surface area (Å²) in [6.45, 7) is 2.00. The second-order valence-electron chi connectivity index (χ2n) is 1.69. The van der Waals surface area contributed by atoms with Gasteiger partial charge in [0.05, 0.1) is 0 Å². The minimum atomic E-state index is 0.565. The number of hydrogen-bond donors (Lipinski definition) is 1. The monoisotopic (exact) mass is 101 g/mol. The summed E-state index contributed by atoms with van der Waals surface area (Å²) < 4.78 is 0. The fourth-order valence-electron chi connectivity index (χ4n) is 0.440. The molecule has 1 rings (SSSR count). The zero-order valence-corrected chi connectivity index (χ0v) is 4.39. The van der Waals surface area contributed by atoms with Crippen LogP contribution in [0.4, 0.5) is 0 Å². The second kappa shape index (κ2) is 3.81. The number of rotatable bonds is 0. The molecule has 0 radical (unpaired) electrons. The van der Waals surface area contributed by atoms with Gasteiger partial charge in [-0.3, -0.25) is 0 Å². The summed E-state index contributed by atoms with van der Waals surface area (Å²) in [6, 6.07) is 0.565. The molecule has 0 aromatic rings. The van der Waals surface area contributed by atoms with Crippen LogP contribution in [-0.2, 0) is 4.79 Å². The van der Waals surface area contributed by atoms with Gasteiger partial charge in [0.25, 0.3) is 0 Å². The molecule has 1 fully saturated rings. The highest BCUT2D eigenvalue weighted by atomic mass is 16.1. The van der Waals surface area contributed by atoms with Gasteiger partial charge in [0, 0.05) is 6.04 Å². The average molecular weight is 101 g/mol. The van der Waals surface area contributed by atoms with Gasteiger partial charge in [0.2, 0.25) is 0 Å². The molecule has 0 aliphatic heterocycles. The number of nitrogens with two attached hydrogens (primary N) is 1. The van der Waals surface area contributed by atoms with E-state index in [1.165, 1.54) is 19.3 Å². The Labute approximate surface area is 43.7 Å². The molecule has 42 valence electrons. The highest BCUT2D eigenvalue weighted by Crippen LogP contribution is 2.14. The molecule has 0 atom stereocenters. The SMILES string of the molecule is C=O.NC1CCC1. The Morgan fingerprint density at radius 1 is 1.43 bits per heavy atom. The van der Waals surface area contributed by atoms with Gasteiger partial charge < -0.3 is 10.5 Å². The van der Waals surface area contributed by atoms with E-state index in [0.29, 0.717) is 6.04 Å². The van der Waals surface area contributed by atoms with Crippen molar-refractivity contribution in [1.29, 1.82) is 0 Å². The van der Waals surface area contributed by atoms with E-state index < -0.39 is 0 Å². The van der Waals surface area contributed by atoms with Crippen molar-refractivity contribution >= 4 is 6.79 Å². The first-order valence-electron chi connectivity index (χ1n) is 2.44. The third-order valence-corrected chi connectivity index (χ3v) is 1.15. The van der Waals surface area contributed by atoms with Crippen LogP contribution in [0.25, 0.3) is 0 Å². The van der Waals surface area contributed by atoms with E-state index >= 15 is 0 Å². The molecule has 0 spiro atoms. The van der Waals surface area contributed by atoms with Gasteiger partial charge in [-0.15, -0.1) is 0 Å². The molecule has 0 unspecified atom stereocenters. The van der Waals surface area contributed by atoms with E-state index in [9.17, 15) is 0 Å². The first-order valence-corrected chi connectivity index (χ1v) is 2.44. The number of carbonyl (C=O) groups is 1. The lowest BCUT2D eigenvalue weighted by atomic mass is 9.95. The van der Waals surface area contributed by atoms with E-state index in [2.05, 4.69) is 0 Å². The normalized spacial score (nSPS) is 19.0. The quantitative estimate of drug-likeness (QED) is 0.477. The number of hydrogen-bond acceptors (Lipinski definition) is 2. The smallest absolute Gasteiger partial charge is 0.106 e. The third-order valence-electron chi connectivity index (χ3n) is 1.15. The highest BCUT2D eigenvalue weighted by molar-refractivity contribution is 5.10. The zero-order chi connectivity index (χ0) is 5.70. The Kier molecular flexibility index (Phi) is 3.61. The lowest BCUT2D eigenvalue weighted by Crippen LogP contribution is -2.27. The Balaban J connectivity index is 0.000000162. The zero-order valence-electron chi connectivity index (χ0n) is 4.39. The average Bonchev–Trinajstić information content (AvgIpc) is 1.68. The predicted molar refractivity (Wildman–Crippen MR) is 28.9 cm³/mol. The summed E-state index contributed by atoms with van der Waals surface area (Å²) in [5.74, 6) is 0. The van der Waals surface area contributed by atoms with Crippen LogP contribution in [0.15, 0.2) is 0 Å². The van der Waals surface area contributed by atoms with Crippen molar-refractivity contribution in [3.63, 3.8) is 0 Å². The Hall–Kier alpha value is -0.370. The molecule has 1 aliphatic carbocycles. The van der Waals surface area contributed by atoms with Crippen LogP contribution in [0, 0.1) is 0 Å². The summed E-state index contributed by atoms with van der Waals surface area (Å²) in [5.41, 5.74) is 5.38. The lowest BCUT2D eigenvalue weighted by molar-refractivity contribution is -0.0979. The van der Waals surface area contributed by atoms with E-state index in [0.717, 1.165) is 0 Å². The third kappa shape index (κ3) is 2.34. The molecule has 0 aromatic carbocycles. The second-order valence-corrected chi connectivity index (χ2v) is 1.69. The molecule has 0 saturated heterocycles. The minimum absolute atomic E-state index is 0.565. The van der Waals surface area contributed by atoms with Gasteiger partial charge in [-0.25, -0.2) is 0 Å². The minimum Gasteiger partial charge on any atom is -0.328 e. The molecule has 2 nitrogen and oxygen atoms in total. The van der Waals surface area contributed by atoms with Gasteiger partial charge in [0.1, 0.15) is 6.79 Å². The first-order chi connectivity index (χ1) is 3.39. The molecule has 0 amide bonds. The van der Waals surface area contributed by atoms with E-state index in [-0.39, 0.29) is 0 Å². The predicted octanol–water partition coefficient (Wildman–Crippen LogP) is 0.313. The van der Waals surface area contributed by atoms with Crippen molar-refractivity contribution in [2.45, 2.75) is 25.3 Å². The molecule has 2 N–H and O–H groups in total. The maximum Gasteiger partial charge on any atom is 0.106 e. The van der Waals surface area contributed by atoms with Crippen LogP contribution in [0.1, 0.15) is 19.3 Å². The largest absolute Gasteiger partial charge is 0.328 e. The lowest BCUT2D eigenvalue weighted by Gasteiger charge is -2.18. The Bertz CT molecular complexity index is 43.3. The first kappa shape index (κ1) is 6.63. The van der Waals surface area contributed by atoms with Crippen LogP contribution in [0.3, 0.4) is 0 Å². The summed E-state index contributed by atoms with van der Waals surface area (Å²) in [7, 11) is 0. The van der Waals surface area contributed by atoms with Crippen molar-refractivity contribution in [3.8, 4) is 0 Å². The number of carbonyl (C=O) groups excluding carboxylic acids is 1. The molecule has 1 aliphatic rings. The summed E-state index contributed by atoms with van der Waals surface area (Å²) in [6.07, 6.45) is 3.89. The summed E-state index contributed by atoms with van der Waals surface area (Å²) in [5, 5.41) is 0. The maximum absolute atomic E-state index is 8.00. The van der Waals surface area contributed by atoms with Crippen molar-refractivity contribution < 1.29 is 4.79 Å². The van der Waals surface area contributed by atoms with Crippen LogP contribution >= 0.6 is 0 Å². The molecule has 0 aromatic heterocycles. The van der Waals surface area contributed by atoms with Crippen molar-refractivity contribution in [2.24, 2.45) is 5.73 Å². The van der Waals surface area contributed by atoms with Gasteiger partial charge in [-0.1, -0.05) is 6.42 Å². The summed E-state index contributed by atoms with van der Waals surface area (Å²) in [4.78, 5) is 8.00. The molecule has 0 heterocycles. The van der Waals surface area contributed by atoms with Gasteiger partial charge in [-0.05, 0) is 12.8 Å². The van der Waals surface area contributed by atoms with Gasteiger partial charge in [-0.2, -0.15) is 0 Å². The van der Waals surface area contributed by atoms with Crippen molar-refractivity contribution in [3.05, 3.63) is 0 Å². The molecule has 2 heteroatoms. The Morgan fingerprint density at radius 3 is 1.71 bits per heavy atom. The Morgan fingerprint density at radius 2 is 1.71 bits per heavy atom.